The summed E-state index contributed by atoms with van der Waals surface area (Å²) < 4.78 is 10.6. The highest BCUT2D eigenvalue weighted by Gasteiger charge is 2.57. The van der Waals surface area contributed by atoms with Crippen LogP contribution in [0.4, 0.5) is 0 Å². The Balaban J connectivity index is 1.60. The topological polar surface area (TPSA) is 87.6 Å². The highest BCUT2D eigenvalue weighted by molar-refractivity contribution is 5.74. The van der Waals surface area contributed by atoms with Gasteiger partial charge in [0.2, 0.25) is 0 Å². The number of nitrogens with two attached hydrogens (primary N) is 2. The fourth-order valence-corrected chi connectivity index (χ4v) is 4.10. The van der Waals surface area contributed by atoms with Gasteiger partial charge in [0.25, 0.3) is 0 Å². The third-order valence-electron chi connectivity index (χ3n) is 5.50. The molecule has 3 unspecified atom stereocenters. The van der Waals surface area contributed by atoms with Crippen molar-refractivity contribution in [2.75, 3.05) is 7.11 Å². The maximum Gasteiger partial charge on any atom is 0.311 e. The second-order valence-corrected chi connectivity index (χ2v) is 6.56. The Kier molecular flexibility index (Phi) is 4.10. The Morgan fingerprint density at radius 1 is 1.18 bits per heavy atom. The van der Waals surface area contributed by atoms with Gasteiger partial charge in [0, 0.05) is 12.1 Å². The number of hydrogen-bond donors (Lipinski definition) is 2. The molecule has 22 heavy (non-hydrogen) atoms. The third kappa shape index (κ3) is 2.48. The molecule has 1 aromatic carbocycles. The molecule has 6 atom stereocenters. The number of carbonyl (C=O) groups excluding carboxylic acids is 1. The molecule has 5 heteroatoms. The predicted molar refractivity (Wildman–Crippen MR) is 83.0 cm³/mol. The largest absolute Gasteiger partial charge is 0.497 e. The molecule has 0 saturated heterocycles. The van der Waals surface area contributed by atoms with Gasteiger partial charge in [0.1, 0.15) is 12.4 Å². The van der Waals surface area contributed by atoms with Gasteiger partial charge in [-0.2, -0.15) is 0 Å². The van der Waals surface area contributed by atoms with Gasteiger partial charge in [0.05, 0.1) is 13.0 Å². The van der Waals surface area contributed by atoms with E-state index in [0.29, 0.717) is 5.92 Å². The van der Waals surface area contributed by atoms with E-state index >= 15 is 0 Å². The van der Waals surface area contributed by atoms with E-state index in [-0.39, 0.29) is 42.4 Å². The number of esters is 1. The number of carbonyl (C=O) groups is 1. The van der Waals surface area contributed by atoms with Gasteiger partial charge < -0.3 is 20.9 Å². The summed E-state index contributed by atoms with van der Waals surface area (Å²) in [6.07, 6.45) is 0.950. The van der Waals surface area contributed by atoms with Gasteiger partial charge in [-0.25, -0.2) is 0 Å². The molecule has 1 aromatic rings. The smallest absolute Gasteiger partial charge is 0.311 e. The van der Waals surface area contributed by atoms with E-state index in [4.69, 9.17) is 20.9 Å². The van der Waals surface area contributed by atoms with E-state index in [1.807, 2.05) is 24.3 Å². The van der Waals surface area contributed by atoms with E-state index in [2.05, 4.69) is 6.92 Å². The van der Waals surface area contributed by atoms with Gasteiger partial charge >= 0.3 is 5.97 Å². The predicted octanol–water partition coefficient (Wildman–Crippen LogP) is 1.30. The lowest BCUT2D eigenvalue weighted by molar-refractivity contribution is -0.153. The molecule has 0 heterocycles. The summed E-state index contributed by atoms with van der Waals surface area (Å²) in [7, 11) is 1.62. The molecule has 0 aliphatic heterocycles. The summed E-state index contributed by atoms with van der Waals surface area (Å²) >= 11 is 0. The number of ether oxygens (including phenoxy) is 2. The molecule has 2 bridgehead atoms. The molecule has 2 aliphatic carbocycles. The van der Waals surface area contributed by atoms with Gasteiger partial charge in [-0.3, -0.25) is 4.79 Å². The number of hydrogen-bond acceptors (Lipinski definition) is 5. The molecule has 2 aliphatic rings. The number of benzene rings is 1. The molecule has 0 amide bonds. The van der Waals surface area contributed by atoms with Crippen molar-refractivity contribution < 1.29 is 14.3 Å². The van der Waals surface area contributed by atoms with Crippen LogP contribution in [0.2, 0.25) is 0 Å². The van der Waals surface area contributed by atoms with E-state index in [0.717, 1.165) is 17.7 Å². The Labute approximate surface area is 131 Å². The standard InChI is InChI=1S/C17H24N2O3/c1-9-12-7-13(15(9)18)16(19)14(12)17(20)22-8-10-3-5-11(21-2)6-4-10/h3-6,9,12-16H,7-8,18-19H2,1-2H3/t9-,12?,13?,14?,15+,16-/m1/s1. The molecule has 0 aromatic heterocycles. The monoisotopic (exact) mass is 304 g/mol. The van der Waals surface area contributed by atoms with Gasteiger partial charge in [0.15, 0.2) is 0 Å². The number of fused-ring (bicyclic) bond motifs is 2. The van der Waals surface area contributed by atoms with Gasteiger partial charge in [-0.15, -0.1) is 0 Å². The summed E-state index contributed by atoms with van der Waals surface area (Å²) in [5.74, 6) is 1.24. The van der Waals surface area contributed by atoms with Crippen LogP contribution < -0.4 is 16.2 Å². The first-order valence-electron chi connectivity index (χ1n) is 7.83. The van der Waals surface area contributed by atoms with Crippen LogP contribution in [0.15, 0.2) is 24.3 Å². The molecule has 2 fully saturated rings. The highest BCUT2D eigenvalue weighted by Crippen LogP contribution is 2.50. The van der Waals surface area contributed by atoms with Crippen molar-refractivity contribution in [2.45, 2.75) is 32.0 Å². The summed E-state index contributed by atoms with van der Waals surface area (Å²) in [5, 5.41) is 0. The molecular formula is C17H24N2O3. The van der Waals surface area contributed by atoms with Crippen LogP contribution >= 0.6 is 0 Å². The highest BCUT2D eigenvalue weighted by atomic mass is 16.5. The fourth-order valence-electron chi connectivity index (χ4n) is 4.10. The van der Waals surface area contributed by atoms with E-state index in [9.17, 15) is 4.79 Å². The zero-order valence-corrected chi connectivity index (χ0v) is 13.1. The molecule has 0 radical (unpaired) electrons. The number of rotatable bonds is 4. The average Bonchev–Trinajstić information content (AvgIpc) is 3.02. The molecule has 120 valence electrons. The Morgan fingerprint density at radius 3 is 2.45 bits per heavy atom. The summed E-state index contributed by atoms with van der Waals surface area (Å²) in [5.41, 5.74) is 13.3. The van der Waals surface area contributed by atoms with Crippen LogP contribution in [-0.4, -0.2) is 25.2 Å². The minimum Gasteiger partial charge on any atom is -0.497 e. The molecule has 3 rings (SSSR count). The van der Waals surface area contributed by atoms with Gasteiger partial charge in [-0.05, 0) is 41.9 Å². The first-order chi connectivity index (χ1) is 10.5. The Hall–Kier alpha value is -1.59. The lowest BCUT2D eigenvalue weighted by Gasteiger charge is -2.34. The van der Waals surface area contributed by atoms with Crippen molar-refractivity contribution in [3.8, 4) is 5.75 Å². The molecule has 4 N–H and O–H groups in total. The second kappa shape index (κ2) is 5.89. The van der Waals surface area contributed by atoms with Crippen LogP contribution in [0.25, 0.3) is 0 Å². The van der Waals surface area contributed by atoms with Crippen molar-refractivity contribution in [1.29, 1.82) is 0 Å². The maximum absolute atomic E-state index is 12.4. The van der Waals surface area contributed by atoms with E-state index < -0.39 is 0 Å². The SMILES string of the molecule is COc1ccc(COC(=O)C2C3CC([C@H]2N)[C@@H](N)[C@@H]3C)cc1. The summed E-state index contributed by atoms with van der Waals surface area (Å²) in [6, 6.07) is 7.45. The molecule has 0 spiro atoms. The van der Waals surface area contributed by atoms with Crippen LogP contribution in [-0.2, 0) is 16.1 Å². The van der Waals surface area contributed by atoms with Crippen molar-refractivity contribution in [3.05, 3.63) is 29.8 Å². The molecule has 2 saturated carbocycles. The normalized spacial score (nSPS) is 36.4. The quantitative estimate of drug-likeness (QED) is 0.819. The minimum atomic E-state index is -0.210. The fraction of sp³-hybridized carbons (Fsp3) is 0.588. The van der Waals surface area contributed by atoms with E-state index in [1.54, 1.807) is 7.11 Å². The zero-order chi connectivity index (χ0) is 15.9. The Bertz CT molecular complexity index is 545. The van der Waals surface area contributed by atoms with Crippen LogP contribution in [0.5, 0.6) is 5.75 Å². The van der Waals surface area contributed by atoms with Crippen molar-refractivity contribution >= 4 is 5.97 Å². The van der Waals surface area contributed by atoms with Crippen LogP contribution in [0.3, 0.4) is 0 Å². The number of methoxy groups -OCH3 is 1. The first-order valence-corrected chi connectivity index (χ1v) is 7.83. The lowest BCUT2D eigenvalue weighted by Crippen LogP contribution is -2.51. The van der Waals surface area contributed by atoms with Crippen LogP contribution in [0, 0.1) is 23.7 Å². The van der Waals surface area contributed by atoms with Crippen LogP contribution in [0.1, 0.15) is 18.9 Å². The minimum absolute atomic E-state index is 0.116. The summed E-state index contributed by atoms with van der Waals surface area (Å²) in [4.78, 5) is 12.4. The van der Waals surface area contributed by atoms with E-state index in [1.165, 1.54) is 0 Å². The average molecular weight is 304 g/mol. The van der Waals surface area contributed by atoms with Crippen molar-refractivity contribution in [1.82, 2.24) is 0 Å². The van der Waals surface area contributed by atoms with Crippen molar-refractivity contribution in [3.63, 3.8) is 0 Å². The summed E-state index contributed by atoms with van der Waals surface area (Å²) in [6.45, 7) is 2.38. The maximum atomic E-state index is 12.4. The molecular weight excluding hydrogens is 280 g/mol. The Morgan fingerprint density at radius 2 is 1.86 bits per heavy atom. The molecule has 5 nitrogen and oxygen atoms in total. The first kappa shape index (κ1) is 15.3. The second-order valence-electron chi connectivity index (χ2n) is 6.56. The van der Waals surface area contributed by atoms with Crippen molar-refractivity contribution in [2.24, 2.45) is 35.1 Å². The lowest BCUT2D eigenvalue weighted by atomic mass is 9.76. The van der Waals surface area contributed by atoms with Gasteiger partial charge in [-0.1, -0.05) is 19.1 Å². The third-order valence-corrected chi connectivity index (χ3v) is 5.50. The zero-order valence-electron chi connectivity index (χ0n) is 13.1.